The van der Waals surface area contributed by atoms with Crippen molar-refractivity contribution in [3.63, 3.8) is 0 Å². The van der Waals surface area contributed by atoms with Crippen LogP contribution in [0.4, 0.5) is 0 Å². The monoisotopic (exact) mass is 556 g/mol. The molecule has 1 aromatic rings. The number of aliphatic imine (C=N–C) groups is 1. The molecule has 2 heterocycles. The number of nitrogens with zero attached hydrogens (tertiary/aromatic N) is 1. The quantitative estimate of drug-likeness (QED) is 0.367. The van der Waals surface area contributed by atoms with E-state index in [2.05, 4.69) is 75.2 Å². The first kappa shape index (κ1) is 31.7. The summed E-state index contributed by atoms with van der Waals surface area (Å²) >= 11 is 0. The first-order chi connectivity index (χ1) is 19.9. The van der Waals surface area contributed by atoms with Gasteiger partial charge in [-0.2, -0.15) is 0 Å². The highest BCUT2D eigenvalue weighted by Gasteiger charge is 2.39. The molecule has 0 aromatic heterocycles. The summed E-state index contributed by atoms with van der Waals surface area (Å²) in [6.45, 7) is 15.7. The van der Waals surface area contributed by atoms with Crippen molar-refractivity contribution in [2.75, 3.05) is 13.1 Å². The van der Waals surface area contributed by atoms with Crippen LogP contribution in [0.3, 0.4) is 0 Å². The van der Waals surface area contributed by atoms with Gasteiger partial charge in [-0.3, -0.25) is 4.99 Å². The normalized spacial score (nSPS) is 32.4. The average molecular weight is 557 g/mol. The van der Waals surface area contributed by atoms with Gasteiger partial charge in [0.05, 0.1) is 5.54 Å². The second-order valence-electron chi connectivity index (χ2n) is 13.8. The third-order valence-electron chi connectivity index (χ3n) is 10.6. The van der Waals surface area contributed by atoms with Crippen LogP contribution in [-0.4, -0.2) is 31.1 Å². The van der Waals surface area contributed by atoms with Gasteiger partial charge < -0.3 is 10.1 Å². The molecule has 3 unspecified atom stereocenters. The van der Waals surface area contributed by atoms with Crippen molar-refractivity contribution in [3.8, 4) is 0 Å². The fourth-order valence-corrected chi connectivity index (χ4v) is 8.18. The summed E-state index contributed by atoms with van der Waals surface area (Å²) in [5, 5.41) is 3.68. The van der Waals surface area contributed by atoms with Gasteiger partial charge in [0.1, 0.15) is 6.79 Å². The lowest BCUT2D eigenvalue weighted by atomic mass is 9.65. The van der Waals surface area contributed by atoms with Crippen molar-refractivity contribution in [1.29, 1.82) is 0 Å². The van der Waals surface area contributed by atoms with Gasteiger partial charge in [-0.25, -0.2) is 0 Å². The van der Waals surface area contributed by atoms with Crippen molar-refractivity contribution in [3.05, 3.63) is 71.3 Å². The molecule has 1 spiro atoms. The van der Waals surface area contributed by atoms with Crippen LogP contribution in [0.1, 0.15) is 121 Å². The van der Waals surface area contributed by atoms with E-state index >= 15 is 0 Å². The predicted octanol–water partition coefficient (Wildman–Crippen LogP) is 9.34. The number of allylic oxidation sites excluding steroid dienone is 4. The Morgan fingerprint density at radius 2 is 1.78 bits per heavy atom. The lowest BCUT2D eigenvalue weighted by molar-refractivity contribution is -0.0980. The van der Waals surface area contributed by atoms with E-state index in [0.717, 1.165) is 25.2 Å². The van der Waals surface area contributed by atoms with Gasteiger partial charge in [0.2, 0.25) is 0 Å². The lowest BCUT2D eigenvalue weighted by Crippen LogP contribution is -2.42. The van der Waals surface area contributed by atoms with E-state index in [1.165, 1.54) is 101 Å². The van der Waals surface area contributed by atoms with E-state index < -0.39 is 0 Å². The van der Waals surface area contributed by atoms with E-state index in [9.17, 15) is 0 Å². The average Bonchev–Trinajstić information content (AvgIpc) is 3.35. The van der Waals surface area contributed by atoms with E-state index in [1.54, 1.807) is 11.1 Å². The molecular formula is C38H56N2O. The largest absolute Gasteiger partial charge is 0.316 e. The Hall–Kier alpha value is -2.26. The number of piperidine rings is 1. The van der Waals surface area contributed by atoms with Crippen LogP contribution in [0, 0.1) is 17.3 Å². The summed E-state index contributed by atoms with van der Waals surface area (Å²) in [5.41, 5.74) is 8.06. The molecule has 2 saturated carbocycles. The van der Waals surface area contributed by atoms with Crippen molar-refractivity contribution in [1.82, 2.24) is 5.32 Å². The SMILES string of the molecule is C=C(Cc1ccccc1C1CCC2(CCCNC2)CC1)C1(C)CCC(C2CCC3=CC=CC(C3)C2)=N1.C=O.CCC. The molecule has 3 heteroatoms. The molecule has 6 rings (SSSR count). The number of fused-ring (bicyclic) bond motifs is 2. The molecule has 0 radical (unpaired) electrons. The van der Waals surface area contributed by atoms with Crippen LogP contribution >= 0.6 is 0 Å². The molecule has 3 fully saturated rings. The molecule has 224 valence electrons. The van der Waals surface area contributed by atoms with Crippen LogP contribution in [-0.2, 0) is 11.2 Å². The zero-order valence-electron chi connectivity index (χ0n) is 26.4. The third-order valence-corrected chi connectivity index (χ3v) is 10.6. The molecule has 3 nitrogen and oxygen atoms in total. The molecule has 2 aliphatic heterocycles. The van der Waals surface area contributed by atoms with Gasteiger partial charge in [0.15, 0.2) is 0 Å². The summed E-state index contributed by atoms with van der Waals surface area (Å²) in [6.07, 6.45) is 25.0. The fourth-order valence-electron chi connectivity index (χ4n) is 8.18. The van der Waals surface area contributed by atoms with Gasteiger partial charge in [-0.15, -0.1) is 0 Å². The molecule has 1 saturated heterocycles. The van der Waals surface area contributed by atoms with Gasteiger partial charge in [0.25, 0.3) is 0 Å². The number of carbonyl (C=O) groups is 1. The Bertz CT molecular complexity index is 1100. The molecule has 0 amide bonds. The standard InChI is InChI=1S/C34H46N2.C3H8.CH2O/c1-25(33(2)17-15-32(36-33)30-12-11-26-7-5-8-27(22-26)23-30)21-29-9-3-4-10-31(29)28-13-18-34(19-14-28)16-6-20-35-24-34;1-3-2;1-2/h3-5,7-10,27-28,30,35H,1,6,11-24H2,2H3;3H2,1-2H3;1H2. The summed E-state index contributed by atoms with van der Waals surface area (Å²) in [7, 11) is 0. The minimum atomic E-state index is -0.0939. The van der Waals surface area contributed by atoms with Gasteiger partial charge in [0, 0.05) is 12.3 Å². The maximum absolute atomic E-state index is 8.00. The number of rotatable bonds is 5. The zero-order chi connectivity index (χ0) is 29.3. The molecule has 1 N–H and O–H groups in total. The second-order valence-corrected chi connectivity index (χ2v) is 13.8. The summed E-state index contributed by atoms with van der Waals surface area (Å²) in [6, 6.07) is 9.29. The highest BCUT2D eigenvalue weighted by molar-refractivity contribution is 5.89. The van der Waals surface area contributed by atoms with E-state index in [-0.39, 0.29) is 5.54 Å². The fraction of sp³-hybridized carbons (Fsp3) is 0.632. The van der Waals surface area contributed by atoms with E-state index in [0.29, 0.717) is 17.3 Å². The van der Waals surface area contributed by atoms with Crippen molar-refractivity contribution in [2.45, 2.75) is 122 Å². The molecule has 5 aliphatic rings. The van der Waals surface area contributed by atoms with Gasteiger partial charge in [-0.05, 0) is 137 Å². The van der Waals surface area contributed by atoms with Crippen LogP contribution in [0.5, 0.6) is 0 Å². The minimum Gasteiger partial charge on any atom is -0.316 e. The minimum absolute atomic E-state index is 0.0939. The second kappa shape index (κ2) is 14.8. The van der Waals surface area contributed by atoms with Crippen molar-refractivity contribution in [2.24, 2.45) is 22.2 Å². The molecule has 41 heavy (non-hydrogen) atoms. The summed E-state index contributed by atoms with van der Waals surface area (Å²) < 4.78 is 0. The Morgan fingerprint density at radius 1 is 1.02 bits per heavy atom. The summed E-state index contributed by atoms with van der Waals surface area (Å²) in [5.74, 6) is 2.10. The van der Waals surface area contributed by atoms with Crippen LogP contribution in [0.2, 0.25) is 0 Å². The number of hydrogen-bond acceptors (Lipinski definition) is 3. The molecule has 3 atom stereocenters. The Kier molecular flexibility index (Phi) is 11.4. The van der Waals surface area contributed by atoms with Crippen molar-refractivity contribution >= 4 is 12.5 Å². The molecule has 3 aliphatic carbocycles. The number of nitrogens with one attached hydrogen (secondary N) is 1. The molecule has 1 aromatic carbocycles. The maximum Gasteiger partial charge on any atom is 0.106 e. The highest BCUT2D eigenvalue weighted by Crippen LogP contribution is 2.47. The van der Waals surface area contributed by atoms with Crippen LogP contribution in [0.25, 0.3) is 0 Å². The van der Waals surface area contributed by atoms with E-state index in [1.807, 2.05) is 6.79 Å². The highest BCUT2D eigenvalue weighted by atomic mass is 16.1. The zero-order valence-corrected chi connectivity index (χ0v) is 26.4. The Morgan fingerprint density at radius 3 is 2.51 bits per heavy atom. The maximum atomic E-state index is 8.00. The number of carbonyl (C=O) groups excluding carboxylic acids is 1. The number of hydrogen-bond donors (Lipinski definition) is 1. The topological polar surface area (TPSA) is 41.5 Å². The first-order valence-corrected chi connectivity index (χ1v) is 16.6. The Balaban J connectivity index is 0.000000728. The molecule has 2 bridgehead atoms. The Labute approximate surface area is 251 Å². The molecular weight excluding hydrogens is 500 g/mol. The van der Waals surface area contributed by atoms with Crippen LogP contribution < -0.4 is 5.32 Å². The third kappa shape index (κ3) is 7.78. The van der Waals surface area contributed by atoms with Crippen LogP contribution in [0.15, 0.2) is 65.2 Å². The smallest absolute Gasteiger partial charge is 0.106 e. The predicted molar refractivity (Wildman–Crippen MR) is 176 cm³/mol. The van der Waals surface area contributed by atoms with Gasteiger partial charge in [-0.1, -0.05) is 74.9 Å². The van der Waals surface area contributed by atoms with Gasteiger partial charge >= 0.3 is 0 Å². The van der Waals surface area contributed by atoms with Crippen molar-refractivity contribution < 1.29 is 4.79 Å². The van der Waals surface area contributed by atoms with E-state index in [4.69, 9.17) is 9.79 Å². The summed E-state index contributed by atoms with van der Waals surface area (Å²) in [4.78, 5) is 13.5. The first-order valence-electron chi connectivity index (χ1n) is 16.6. The lowest BCUT2D eigenvalue weighted by Gasteiger charge is -2.43. The number of benzene rings is 1.